The Morgan fingerprint density at radius 3 is 2.23 bits per heavy atom. The number of carbonyl (C=O) groups is 2. The molecular formula is C25H26N2O4. The lowest BCUT2D eigenvalue weighted by Gasteiger charge is -2.19. The quantitative estimate of drug-likeness (QED) is 0.597. The number of amides is 2. The summed E-state index contributed by atoms with van der Waals surface area (Å²) in [6.45, 7) is 0.480. The van der Waals surface area contributed by atoms with E-state index in [9.17, 15) is 9.59 Å². The van der Waals surface area contributed by atoms with Crippen LogP contribution in [0.3, 0.4) is 0 Å². The molecule has 6 nitrogen and oxygen atoms in total. The maximum atomic E-state index is 13.0. The summed E-state index contributed by atoms with van der Waals surface area (Å²) in [5.74, 6) is 0.777. The fraction of sp³-hybridized carbons (Fsp3) is 0.200. The van der Waals surface area contributed by atoms with E-state index < -0.39 is 0 Å². The van der Waals surface area contributed by atoms with Gasteiger partial charge in [-0.1, -0.05) is 48.5 Å². The van der Waals surface area contributed by atoms with E-state index in [4.69, 9.17) is 9.47 Å². The molecule has 0 aliphatic carbocycles. The Kier molecular flexibility index (Phi) is 7.27. The SMILES string of the molecule is COc1ccc(CC(=O)Nc2ccccc2C(=O)N(C)Cc2ccccc2)cc1OC. The summed E-state index contributed by atoms with van der Waals surface area (Å²) in [7, 11) is 4.86. The first-order valence-electron chi connectivity index (χ1n) is 9.91. The smallest absolute Gasteiger partial charge is 0.256 e. The Morgan fingerprint density at radius 2 is 1.52 bits per heavy atom. The summed E-state index contributed by atoms with van der Waals surface area (Å²) >= 11 is 0. The van der Waals surface area contributed by atoms with Gasteiger partial charge in [0.1, 0.15) is 0 Å². The van der Waals surface area contributed by atoms with Gasteiger partial charge in [0, 0.05) is 13.6 Å². The fourth-order valence-electron chi connectivity index (χ4n) is 3.28. The number of nitrogens with zero attached hydrogens (tertiary/aromatic N) is 1. The molecule has 1 N–H and O–H groups in total. The zero-order chi connectivity index (χ0) is 22.2. The maximum absolute atomic E-state index is 13.0. The number of benzene rings is 3. The summed E-state index contributed by atoms with van der Waals surface area (Å²) < 4.78 is 10.5. The summed E-state index contributed by atoms with van der Waals surface area (Å²) in [4.78, 5) is 27.3. The molecule has 31 heavy (non-hydrogen) atoms. The number of hydrogen-bond acceptors (Lipinski definition) is 4. The lowest BCUT2D eigenvalue weighted by molar-refractivity contribution is -0.115. The van der Waals surface area contributed by atoms with E-state index in [0.29, 0.717) is 29.3 Å². The second kappa shape index (κ2) is 10.3. The molecule has 0 aliphatic rings. The maximum Gasteiger partial charge on any atom is 0.256 e. The summed E-state index contributed by atoms with van der Waals surface area (Å²) in [6, 6.07) is 22.1. The minimum atomic E-state index is -0.224. The number of anilines is 1. The van der Waals surface area contributed by atoms with Gasteiger partial charge in [0.15, 0.2) is 11.5 Å². The van der Waals surface area contributed by atoms with Gasteiger partial charge in [0.2, 0.25) is 5.91 Å². The monoisotopic (exact) mass is 418 g/mol. The van der Waals surface area contributed by atoms with Gasteiger partial charge in [0.05, 0.1) is 31.9 Å². The van der Waals surface area contributed by atoms with E-state index in [1.54, 1.807) is 62.6 Å². The van der Waals surface area contributed by atoms with Crippen LogP contribution in [0.5, 0.6) is 11.5 Å². The van der Waals surface area contributed by atoms with Crippen molar-refractivity contribution in [1.29, 1.82) is 0 Å². The van der Waals surface area contributed by atoms with Crippen molar-refractivity contribution in [2.24, 2.45) is 0 Å². The predicted octanol–water partition coefficient (Wildman–Crippen LogP) is 4.16. The Balaban J connectivity index is 1.71. The van der Waals surface area contributed by atoms with Gasteiger partial charge in [-0.25, -0.2) is 0 Å². The Hall–Kier alpha value is -3.80. The third kappa shape index (κ3) is 5.63. The normalized spacial score (nSPS) is 10.3. The number of hydrogen-bond donors (Lipinski definition) is 1. The third-order valence-corrected chi connectivity index (χ3v) is 4.85. The topological polar surface area (TPSA) is 67.9 Å². The van der Waals surface area contributed by atoms with Crippen molar-refractivity contribution in [3.05, 3.63) is 89.5 Å². The number of nitrogens with one attached hydrogen (secondary N) is 1. The molecule has 0 saturated carbocycles. The average Bonchev–Trinajstić information content (AvgIpc) is 2.79. The van der Waals surface area contributed by atoms with Crippen LogP contribution in [0.25, 0.3) is 0 Å². The van der Waals surface area contributed by atoms with E-state index in [2.05, 4.69) is 5.32 Å². The number of para-hydroxylation sites is 1. The van der Waals surface area contributed by atoms with Crippen LogP contribution in [0.1, 0.15) is 21.5 Å². The van der Waals surface area contributed by atoms with Gasteiger partial charge in [0.25, 0.3) is 5.91 Å². The van der Waals surface area contributed by atoms with Crippen LogP contribution in [0.15, 0.2) is 72.8 Å². The lowest BCUT2D eigenvalue weighted by Crippen LogP contribution is -2.27. The van der Waals surface area contributed by atoms with Gasteiger partial charge in [-0.2, -0.15) is 0 Å². The second-order valence-corrected chi connectivity index (χ2v) is 7.11. The number of carbonyl (C=O) groups excluding carboxylic acids is 2. The third-order valence-electron chi connectivity index (χ3n) is 4.85. The minimum absolute atomic E-state index is 0.142. The van der Waals surface area contributed by atoms with Gasteiger partial charge in [-0.15, -0.1) is 0 Å². The number of rotatable bonds is 8. The van der Waals surface area contributed by atoms with E-state index in [0.717, 1.165) is 11.1 Å². The van der Waals surface area contributed by atoms with Crippen LogP contribution in [0, 0.1) is 0 Å². The molecule has 3 aromatic rings. The Labute approximate surface area is 182 Å². The van der Waals surface area contributed by atoms with Gasteiger partial charge < -0.3 is 19.7 Å². The van der Waals surface area contributed by atoms with Crippen LogP contribution < -0.4 is 14.8 Å². The summed E-state index contributed by atoms with van der Waals surface area (Å²) in [5.41, 5.74) is 2.74. The molecular weight excluding hydrogens is 392 g/mol. The standard InChI is InChI=1S/C25H26N2O4/c1-27(17-18-9-5-4-6-10-18)25(29)20-11-7-8-12-21(20)26-24(28)16-19-13-14-22(30-2)23(15-19)31-3/h4-15H,16-17H2,1-3H3,(H,26,28). The van der Waals surface area contributed by atoms with Crippen molar-refractivity contribution in [2.75, 3.05) is 26.6 Å². The molecule has 0 fully saturated rings. The number of methoxy groups -OCH3 is 2. The predicted molar refractivity (Wildman–Crippen MR) is 121 cm³/mol. The zero-order valence-electron chi connectivity index (χ0n) is 17.9. The first-order valence-corrected chi connectivity index (χ1v) is 9.91. The van der Waals surface area contributed by atoms with E-state index in [1.807, 2.05) is 36.4 Å². The highest BCUT2D eigenvalue weighted by molar-refractivity contribution is 6.04. The Bertz CT molecular complexity index is 1050. The molecule has 6 heteroatoms. The molecule has 0 radical (unpaired) electrons. The minimum Gasteiger partial charge on any atom is -0.493 e. The van der Waals surface area contributed by atoms with Crippen molar-refractivity contribution in [3.8, 4) is 11.5 Å². The second-order valence-electron chi connectivity index (χ2n) is 7.11. The van der Waals surface area contributed by atoms with E-state index in [1.165, 1.54) is 0 Å². The molecule has 0 aliphatic heterocycles. The highest BCUT2D eigenvalue weighted by atomic mass is 16.5. The molecule has 3 aromatic carbocycles. The highest BCUT2D eigenvalue weighted by Gasteiger charge is 2.17. The van der Waals surface area contributed by atoms with Crippen LogP contribution in [0.4, 0.5) is 5.69 Å². The molecule has 0 atom stereocenters. The molecule has 0 unspecified atom stereocenters. The molecule has 0 saturated heterocycles. The van der Waals surface area contributed by atoms with Gasteiger partial charge >= 0.3 is 0 Å². The van der Waals surface area contributed by atoms with Crippen molar-refractivity contribution < 1.29 is 19.1 Å². The van der Waals surface area contributed by atoms with Crippen LogP contribution in [-0.4, -0.2) is 38.0 Å². The molecule has 0 heterocycles. The van der Waals surface area contributed by atoms with Crippen LogP contribution >= 0.6 is 0 Å². The summed E-state index contributed by atoms with van der Waals surface area (Å²) in [5, 5.41) is 2.87. The molecule has 0 spiro atoms. The first-order chi connectivity index (χ1) is 15.0. The molecule has 160 valence electrons. The average molecular weight is 418 g/mol. The van der Waals surface area contributed by atoms with Crippen LogP contribution in [0.2, 0.25) is 0 Å². The van der Waals surface area contributed by atoms with Crippen molar-refractivity contribution in [1.82, 2.24) is 4.90 Å². The molecule has 3 rings (SSSR count). The van der Waals surface area contributed by atoms with Gasteiger partial charge in [-0.05, 0) is 35.4 Å². The van der Waals surface area contributed by atoms with E-state index >= 15 is 0 Å². The van der Waals surface area contributed by atoms with Crippen LogP contribution in [-0.2, 0) is 17.8 Å². The van der Waals surface area contributed by atoms with Crippen molar-refractivity contribution in [2.45, 2.75) is 13.0 Å². The molecule has 0 aromatic heterocycles. The molecule has 0 bridgehead atoms. The largest absolute Gasteiger partial charge is 0.493 e. The van der Waals surface area contributed by atoms with Gasteiger partial charge in [-0.3, -0.25) is 9.59 Å². The lowest BCUT2D eigenvalue weighted by atomic mass is 10.1. The van der Waals surface area contributed by atoms with Crippen molar-refractivity contribution >= 4 is 17.5 Å². The van der Waals surface area contributed by atoms with Crippen molar-refractivity contribution in [3.63, 3.8) is 0 Å². The first kappa shape index (κ1) is 21.9. The zero-order valence-corrected chi connectivity index (χ0v) is 17.9. The molecule has 2 amide bonds. The van der Waals surface area contributed by atoms with E-state index in [-0.39, 0.29) is 18.2 Å². The highest BCUT2D eigenvalue weighted by Crippen LogP contribution is 2.28. The fourth-order valence-corrected chi connectivity index (χ4v) is 3.28. The Morgan fingerprint density at radius 1 is 0.839 bits per heavy atom. The summed E-state index contributed by atoms with van der Waals surface area (Å²) in [6.07, 6.45) is 0.142. The number of ether oxygens (including phenoxy) is 2.